The van der Waals surface area contributed by atoms with E-state index in [1.807, 2.05) is 4.90 Å². The molecule has 2 heterocycles. The molecule has 0 aliphatic carbocycles. The molecule has 7 heteroatoms. The molecular formula is C10H14N4O3. The molecule has 0 radical (unpaired) electrons. The van der Waals surface area contributed by atoms with Crippen molar-refractivity contribution in [2.24, 2.45) is 13.0 Å². The van der Waals surface area contributed by atoms with Crippen molar-refractivity contribution < 1.29 is 9.72 Å². The van der Waals surface area contributed by atoms with Crippen molar-refractivity contribution in [3.8, 4) is 0 Å². The van der Waals surface area contributed by atoms with E-state index in [1.54, 1.807) is 11.6 Å². The summed E-state index contributed by atoms with van der Waals surface area (Å²) in [7, 11) is 1.74. The molecule has 7 nitrogen and oxygen atoms in total. The maximum Gasteiger partial charge on any atom is 0.406 e. The minimum Gasteiger partial charge on any atom is -0.358 e. The molecular weight excluding hydrogens is 224 g/mol. The number of nitro groups is 1. The molecule has 0 amide bonds. The van der Waals surface area contributed by atoms with Crippen LogP contribution in [0.4, 0.5) is 11.6 Å². The van der Waals surface area contributed by atoms with E-state index in [-0.39, 0.29) is 11.7 Å². The summed E-state index contributed by atoms with van der Waals surface area (Å²) < 4.78 is 1.65. The topological polar surface area (TPSA) is 81.3 Å². The number of aldehydes is 1. The maximum atomic E-state index is 10.8. The lowest BCUT2D eigenvalue weighted by molar-refractivity contribution is -0.388. The molecule has 92 valence electrons. The fourth-order valence-corrected chi connectivity index (χ4v) is 2.15. The zero-order chi connectivity index (χ0) is 12.4. The van der Waals surface area contributed by atoms with Crippen LogP contribution in [0.5, 0.6) is 0 Å². The Morgan fingerprint density at radius 1 is 1.53 bits per heavy atom. The molecule has 0 atom stereocenters. The van der Waals surface area contributed by atoms with Gasteiger partial charge < -0.3 is 19.8 Å². The van der Waals surface area contributed by atoms with Crippen LogP contribution in [0.1, 0.15) is 12.8 Å². The van der Waals surface area contributed by atoms with Crippen molar-refractivity contribution in [3.05, 3.63) is 16.4 Å². The Kier molecular flexibility index (Phi) is 3.08. The van der Waals surface area contributed by atoms with Gasteiger partial charge in [0.05, 0.1) is 0 Å². The third-order valence-electron chi connectivity index (χ3n) is 3.09. The second kappa shape index (κ2) is 4.52. The molecule has 1 saturated heterocycles. The fourth-order valence-electron chi connectivity index (χ4n) is 2.15. The minimum absolute atomic E-state index is 0.0820. The van der Waals surface area contributed by atoms with Crippen molar-refractivity contribution in [2.75, 3.05) is 18.0 Å². The summed E-state index contributed by atoms with van der Waals surface area (Å²) >= 11 is 0. The lowest BCUT2D eigenvalue weighted by Gasteiger charge is -2.30. The predicted molar refractivity (Wildman–Crippen MR) is 60.9 cm³/mol. The largest absolute Gasteiger partial charge is 0.406 e. The molecule has 1 aliphatic heterocycles. The van der Waals surface area contributed by atoms with Crippen LogP contribution in [0.25, 0.3) is 0 Å². The van der Waals surface area contributed by atoms with E-state index in [0.717, 1.165) is 19.1 Å². The molecule has 17 heavy (non-hydrogen) atoms. The van der Waals surface area contributed by atoms with E-state index in [2.05, 4.69) is 4.98 Å². The first kappa shape index (κ1) is 11.6. The van der Waals surface area contributed by atoms with Gasteiger partial charge in [-0.2, -0.15) is 0 Å². The van der Waals surface area contributed by atoms with Crippen LogP contribution in [0.15, 0.2) is 6.33 Å². The van der Waals surface area contributed by atoms with Crippen LogP contribution in [0.3, 0.4) is 0 Å². The van der Waals surface area contributed by atoms with Gasteiger partial charge in [-0.3, -0.25) is 4.57 Å². The maximum absolute atomic E-state index is 10.8. The molecule has 1 aromatic heterocycles. The highest BCUT2D eigenvalue weighted by Gasteiger charge is 2.28. The molecule has 1 aromatic rings. The van der Waals surface area contributed by atoms with Crippen LogP contribution in [-0.4, -0.2) is 33.9 Å². The highest BCUT2D eigenvalue weighted by atomic mass is 16.6. The summed E-state index contributed by atoms with van der Waals surface area (Å²) in [6.07, 6.45) is 3.89. The Labute approximate surface area is 98.2 Å². The molecule has 0 spiro atoms. The van der Waals surface area contributed by atoms with Gasteiger partial charge in [0.1, 0.15) is 6.29 Å². The van der Waals surface area contributed by atoms with Gasteiger partial charge in [-0.1, -0.05) is 0 Å². The Hall–Kier alpha value is -1.92. The van der Waals surface area contributed by atoms with E-state index < -0.39 is 4.92 Å². The van der Waals surface area contributed by atoms with Gasteiger partial charge in [0.2, 0.25) is 12.1 Å². The summed E-state index contributed by atoms with van der Waals surface area (Å²) in [6, 6.07) is 0. The van der Waals surface area contributed by atoms with Crippen LogP contribution < -0.4 is 4.90 Å². The Morgan fingerprint density at radius 3 is 2.71 bits per heavy atom. The smallest absolute Gasteiger partial charge is 0.358 e. The van der Waals surface area contributed by atoms with Crippen molar-refractivity contribution in [2.45, 2.75) is 12.8 Å². The summed E-state index contributed by atoms with van der Waals surface area (Å²) in [4.78, 5) is 26.7. The van der Waals surface area contributed by atoms with Crippen molar-refractivity contribution >= 4 is 17.9 Å². The predicted octanol–water partition coefficient (Wildman–Crippen LogP) is 0.744. The van der Waals surface area contributed by atoms with Gasteiger partial charge in [-0.15, -0.1) is 0 Å². The van der Waals surface area contributed by atoms with Gasteiger partial charge in [0, 0.05) is 26.1 Å². The first-order valence-electron chi connectivity index (χ1n) is 5.49. The third kappa shape index (κ3) is 2.13. The summed E-state index contributed by atoms with van der Waals surface area (Å²) in [5, 5.41) is 10.8. The van der Waals surface area contributed by atoms with Gasteiger partial charge in [0.15, 0.2) is 0 Å². The second-order valence-corrected chi connectivity index (χ2v) is 4.22. The number of anilines is 1. The molecule has 0 saturated carbocycles. The number of carbonyl (C=O) groups excluding carboxylic acids is 1. The zero-order valence-corrected chi connectivity index (χ0v) is 9.57. The summed E-state index contributed by atoms with van der Waals surface area (Å²) in [5.41, 5.74) is 0. The van der Waals surface area contributed by atoms with Crippen molar-refractivity contribution in [3.63, 3.8) is 0 Å². The number of carbonyl (C=O) groups is 1. The quantitative estimate of drug-likeness (QED) is 0.441. The van der Waals surface area contributed by atoms with Crippen LogP contribution in [-0.2, 0) is 11.8 Å². The highest BCUT2D eigenvalue weighted by Crippen LogP contribution is 2.29. The van der Waals surface area contributed by atoms with Crippen LogP contribution in [0.2, 0.25) is 0 Å². The third-order valence-corrected chi connectivity index (χ3v) is 3.09. The first-order chi connectivity index (χ1) is 8.13. The number of hydrogen-bond acceptors (Lipinski definition) is 5. The lowest BCUT2D eigenvalue weighted by atomic mass is 9.99. The van der Waals surface area contributed by atoms with Crippen molar-refractivity contribution in [1.82, 2.24) is 9.55 Å². The summed E-state index contributed by atoms with van der Waals surface area (Å²) in [6.45, 7) is 1.31. The number of aryl methyl sites for hydroxylation is 1. The number of rotatable bonds is 3. The molecule has 0 N–H and O–H groups in total. The van der Waals surface area contributed by atoms with E-state index in [4.69, 9.17) is 0 Å². The van der Waals surface area contributed by atoms with E-state index in [0.29, 0.717) is 18.9 Å². The standard InChI is InChI=1S/C10H14N4O3/c1-12-7-11-9(14(16)17)10(12)13-4-2-8(6-15)3-5-13/h6-8H,2-5H2,1H3. The SMILES string of the molecule is Cn1cnc([N+](=O)[O-])c1N1CCC(C=O)CC1. The van der Waals surface area contributed by atoms with Gasteiger partial charge in [0.25, 0.3) is 0 Å². The Bertz CT molecular complexity index is 435. The molecule has 0 unspecified atom stereocenters. The molecule has 1 fully saturated rings. The second-order valence-electron chi connectivity index (χ2n) is 4.22. The van der Waals surface area contributed by atoms with Gasteiger partial charge >= 0.3 is 5.82 Å². The number of piperidine rings is 1. The van der Waals surface area contributed by atoms with Crippen LogP contribution >= 0.6 is 0 Å². The number of aromatic nitrogens is 2. The normalized spacial score (nSPS) is 17.1. The van der Waals surface area contributed by atoms with Gasteiger partial charge in [-0.05, 0) is 22.7 Å². The van der Waals surface area contributed by atoms with Gasteiger partial charge in [-0.25, -0.2) is 0 Å². The van der Waals surface area contributed by atoms with E-state index >= 15 is 0 Å². The lowest BCUT2D eigenvalue weighted by Crippen LogP contribution is -2.35. The molecule has 0 bridgehead atoms. The highest BCUT2D eigenvalue weighted by molar-refractivity contribution is 5.57. The van der Waals surface area contributed by atoms with Crippen molar-refractivity contribution in [1.29, 1.82) is 0 Å². The molecule has 0 aromatic carbocycles. The average molecular weight is 238 g/mol. The average Bonchev–Trinajstić information content (AvgIpc) is 2.71. The van der Waals surface area contributed by atoms with E-state index in [1.165, 1.54) is 6.33 Å². The number of hydrogen-bond donors (Lipinski definition) is 0. The first-order valence-corrected chi connectivity index (χ1v) is 5.49. The summed E-state index contributed by atoms with van der Waals surface area (Å²) in [5.74, 6) is 0.495. The minimum atomic E-state index is -0.471. The van der Waals surface area contributed by atoms with Crippen LogP contribution in [0, 0.1) is 16.0 Å². The monoisotopic (exact) mass is 238 g/mol. The number of nitrogens with zero attached hydrogens (tertiary/aromatic N) is 4. The Balaban J connectivity index is 2.20. The van der Waals surface area contributed by atoms with E-state index in [9.17, 15) is 14.9 Å². The number of imidazole rings is 1. The fraction of sp³-hybridized carbons (Fsp3) is 0.600. The zero-order valence-electron chi connectivity index (χ0n) is 9.57. The molecule has 2 rings (SSSR count). The Morgan fingerprint density at radius 2 is 2.18 bits per heavy atom. The molecule has 1 aliphatic rings.